The first-order chi connectivity index (χ1) is 12.6. The van der Waals surface area contributed by atoms with Gasteiger partial charge in [0.1, 0.15) is 27.6 Å². The molecule has 0 spiro atoms. The normalized spacial score (nSPS) is 13.0. The Bertz CT molecular complexity index is 912. The third-order valence-corrected chi connectivity index (χ3v) is 5.75. The summed E-state index contributed by atoms with van der Waals surface area (Å²) in [5, 5.41) is 0.153. The summed E-state index contributed by atoms with van der Waals surface area (Å²) in [6.07, 6.45) is 2.47. The molecule has 27 heavy (non-hydrogen) atoms. The Morgan fingerprint density at radius 3 is 2.56 bits per heavy atom. The van der Waals surface area contributed by atoms with Gasteiger partial charge in [-0.15, -0.1) is 0 Å². The highest BCUT2D eigenvalue weighted by molar-refractivity contribution is 7.99. The predicted octanol–water partition coefficient (Wildman–Crippen LogP) is 4.18. The number of hydrogen-bond acceptors (Lipinski definition) is 5. The highest BCUT2D eigenvalue weighted by Crippen LogP contribution is 2.34. The molecule has 0 aliphatic rings. The maximum absolute atomic E-state index is 14.4. The molecule has 0 saturated carbocycles. The molecule has 0 bridgehead atoms. The van der Waals surface area contributed by atoms with Crippen molar-refractivity contribution < 1.29 is 22.5 Å². The van der Waals surface area contributed by atoms with Gasteiger partial charge >= 0.3 is 5.97 Å². The number of pyridine rings is 1. The first kappa shape index (κ1) is 21.2. The zero-order chi connectivity index (χ0) is 20.2. The summed E-state index contributed by atoms with van der Waals surface area (Å²) < 4.78 is 48.7. The quantitative estimate of drug-likeness (QED) is 0.544. The molecule has 1 atom stereocenters. The Hall–Kier alpha value is -2.13. The van der Waals surface area contributed by atoms with Crippen molar-refractivity contribution in [2.45, 2.75) is 35.4 Å². The van der Waals surface area contributed by atoms with Crippen LogP contribution in [-0.4, -0.2) is 33.2 Å². The third kappa shape index (κ3) is 5.20. The molecule has 1 aromatic heterocycles. The molecular weight excluding hydrogens is 394 g/mol. The van der Waals surface area contributed by atoms with E-state index in [-0.39, 0.29) is 21.0 Å². The highest BCUT2D eigenvalue weighted by Gasteiger charge is 2.21. The van der Waals surface area contributed by atoms with Crippen molar-refractivity contribution in [2.24, 2.45) is 4.40 Å². The molecule has 2 aromatic rings. The molecule has 1 heterocycles. The largest absolute Gasteiger partial charge is 0.465 e. The van der Waals surface area contributed by atoms with Crippen molar-refractivity contribution in [2.75, 3.05) is 7.11 Å². The molecule has 0 radical (unpaired) electrons. The average Bonchev–Trinajstić information content (AvgIpc) is 2.63. The van der Waals surface area contributed by atoms with Crippen LogP contribution in [0.25, 0.3) is 0 Å². The maximum atomic E-state index is 14.4. The number of rotatable bonds is 5. The number of hydrogen-bond donors (Lipinski definition) is 0. The van der Waals surface area contributed by atoms with Gasteiger partial charge in [0.15, 0.2) is 0 Å². The Balaban J connectivity index is 2.50. The van der Waals surface area contributed by atoms with Crippen LogP contribution >= 0.6 is 11.8 Å². The number of carbonyl (C=O) groups is 1. The van der Waals surface area contributed by atoms with Gasteiger partial charge in [-0.05, 0) is 45.0 Å². The van der Waals surface area contributed by atoms with E-state index in [4.69, 9.17) is 0 Å². The number of methoxy groups -OCH3 is 1. The molecule has 0 fully saturated rings. The molecule has 1 unspecified atom stereocenters. The lowest BCUT2D eigenvalue weighted by atomic mass is 10.2. The Labute approximate surface area is 162 Å². The van der Waals surface area contributed by atoms with E-state index in [1.54, 1.807) is 20.8 Å². The van der Waals surface area contributed by atoms with Gasteiger partial charge in [0.25, 0.3) is 0 Å². The monoisotopic (exact) mass is 412 g/mol. The molecular formula is C18H18F2N2O3S2. The number of halogens is 2. The van der Waals surface area contributed by atoms with E-state index in [9.17, 15) is 17.8 Å². The van der Waals surface area contributed by atoms with Gasteiger partial charge in [0.05, 0.1) is 22.3 Å². The van der Waals surface area contributed by atoms with Crippen molar-refractivity contribution in [3.8, 4) is 0 Å². The first-order valence-electron chi connectivity index (χ1n) is 7.80. The van der Waals surface area contributed by atoms with Gasteiger partial charge in [-0.2, -0.15) is 4.40 Å². The average molecular weight is 412 g/mol. The standard InChI is InChI=1S/C18H18F2N2O3S2/c1-18(2,3)27(24)22-10-12-13(19)7-8-14(20)15(12)26-16-11(17(23)25-4)6-5-9-21-16/h5-10H,1-4H3. The van der Waals surface area contributed by atoms with Crippen LogP contribution in [0.5, 0.6) is 0 Å². The molecule has 0 aliphatic carbocycles. The van der Waals surface area contributed by atoms with Crippen molar-refractivity contribution in [1.29, 1.82) is 0 Å². The fraction of sp³-hybridized carbons (Fsp3) is 0.278. The topological polar surface area (TPSA) is 68.6 Å². The maximum Gasteiger partial charge on any atom is 0.340 e. The number of esters is 1. The minimum absolute atomic E-state index is 0.117. The van der Waals surface area contributed by atoms with Gasteiger partial charge in [0, 0.05) is 18.0 Å². The lowest BCUT2D eigenvalue weighted by Gasteiger charge is -2.13. The fourth-order valence-electron chi connectivity index (χ4n) is 1.87. The smallest absolute Gasteiger partial charge is 0.340 e. The van der Waals surface area contributed by atoms with Crippen LogP contribution in [0.2, 0.25) is 0 Å². The molecule has 144 valence electrons. The number of benzene rings is 1. The van der Waals surface area contributed by atoms with E-state index in [0.717, 1.165) is 30.1 Å². The second-order valence-electron chi connectivity index (χ2n) is 6.32. The van der Waals surface area contributed by atoms with E-state index >= 15 is 0 Å². The van der Waals surface area contributed by atoms with Gasteiger partial charge in [-0.25, -0.2) is 22.8 Å². The van der Waals surface area contributed by atoms with Crippen molar-refractivity contribution in [3.63, 3.8) is 0 Å². The number of aromatic nitrogens is 1. The van der Waals surface area contributed by atoms with E-state index in [1.807, 2.05) is 0 Å². The summed E-state index contributed by atoms with van der Waals surface area (Å²) in [4.78, 5) is 15.8. The van der Waals surface area contributed by atoms with Crippen molar-refractivity contribution in [3.05, 3.63) is 53.2 Å². The summed E-state index contributed by atoms with van der Waals surface area (Å²) in [6.45, 7) is 5.15. The number of carbonyl (C=O) groups excluding carboxylic acids is 1. The zero-order valence-electron chi connectivity index (χ0n) is 15.2. The highest BCUT2D eigenvalue weighted by atomic mass is 32.2. The molecule has 0 aliphatic heterocycles. The van der Waals surface area contributed by atoms with Gasteiger partial charge in [-0.1, -0.05) is 11.8 Å². The zero-order valence-corrected chi connectivity index (χ0v) is 16.8. The number of nitrogens with zero attached hydrogens (tertiary/aromatic N) is 2. The molecule has 0 N–H and O–H groups in total. The van der Waals surface area contributed by atoms with Crippen LogP contribution in [0.15, 0.2) is 44.8 Å². The predicted molar refractivity (Wildman–Crippen MR) is 102 cm³/mol. The van der Waals surface area contributed by atoms with Crippen LogP contribution in [0, 0.1) is 11.6 Å². The van der Waals surface area contributed by atoms with Gasteiger partial charge in [-0.3, -0.25) is 0 Å². The van der Waals surface area contributed by atoms with Gasteiger partial charge in [0.2, 0.25) is 0 Å². The van der Waals surface area contributed by atoms with Crippen LogP contribution < -0.4 is 0 Å². The summed E-state index contributed by atoms with van der Waals surface area (Å²) in [5.74, 6) is -2.10. The summed E-state index contributed by atoms with van der Waals surface area (Å²) >= 11 is 0.767. The Morgan fingerprint density at radius 2 is 1.93 bits per heavy atom. The van der Waals surface area contributed by atoms with Gasteiger partial charge < -0.3 is 4.74 Å². The van der Waals surface area contributed by atoms with Crippen LogP contribution in [0.1, 0.15) is 36.7 Å². The second-order valence-corrected chi connectivity index (χ2v) is 9.25. The third-order valence-electron chi connectivity index (χ3n) is 3.27. The molecule has 0 amide bonds. The molecule has 2 rings (SSSR count). The Kier molecular flexibility index (Phi) is 6.83. The molecule has 1 aromatic carbocycles. The first-order valence-corrected chi connectivity index (χ1v) is 9.72. The number of ether oxygens (including phenoxy) is 1. The summed E-state index contributed by atoms with van der Waals surface area (Å²) in [5.41, 5.74) is -0.0473. The van der Waals surface area contributed by atoms with Crippen molar-refractivity contribution >= 4 is 34.9 Å². The van der Waals surface area contributed by atoms with Crippen LogP contribution in [-0.2, 0) is 15.7 Å². The van der Waals surface area contributed by atoms with Crippen LogP contribution in [0.4, 0.5) is 8.78 Å². The Morgan fingerprint density at radius 1 is 1.26 bits per heavy atom. The van der Waals surface area contributed by atoms with E-state index in [0.29, 0.717) is 0 Å². The summed E-state index contributed by atoms with van der Waals surface area (Å²) in [6, 6.07) is 4.94. The minimum Gasteiger partial charge on any atom is -0.465 e. The fourth-order valence-corrected chi connectivity index (χ4v) is 3.38. The second kappa shape index (κ2) is 8.71. The molecule has 5 nitrogen and oxygen atoms in total. The van der Waals surface area contributed by atoms with E-state index < -0.39 is 33.3 Å². The minimum atomic E-state index is -1.64. The van der Waals surface area contributed by atoms with Crippen molar-refractivity contribution in [1.82, 2.24) is 4.98 Å². The molecule has 0 saturated heterocycles. The lowest BCUT2D eigenvalue weighted by molar-refractivity contribution is 0.0596. The SMILES string of the molecule is COC(=O)c1cccnc1Sc1c(F)ccc(F)c1C=NS(=O)C(C)(C)C. The van der Waals surface area contributed by atoms with E-state index in [1.165, 1.54) is 25.4 Å². The van der Waals surface area contributed by atoms with Crippen LogP contribution in [0.3, 0.4) is 0 Å². The molecule has 9 heteroatoms. The van der Waals surface area contributed by atoms with E-state index in [2.05, 4.69) is 14.1 Å². The lowest BCUT2D eigenvalue weighted by Crippen LogP contribution is -2.19. The summed E-state index contributed by atoms with van der Waals surface area (Å²) in [7, 11) is -0.425.